The monoisotopic (exact) mass is 259 g/mol. The Bertz CT molecular complexity index is 698. The fraction of sp³-hybridized carbons (Fsp3) is 0.167. The lowest BCUT2D eigenvalue weighted by Crippen LogP contribution is -1.93. The lowest BCUT2D eigenvalue weighted by atomic mass is 10.2. The van der Waals surface area contributed by atoms with E-state index in [9.17, 15) is 0 Å². The Labute approximate surface area is 107 Å². The highest BCUT2D eigenvalue weighted by molar-refractivity contribution is 7.16. The van der Waals surface area contributed by atoms with E-state index in [2.05, 4.69) is 32.3 Å². The molecule has 3 aromatic heterocycles. The molecule has 3 heterocycles. The van der Waals surface area contributed by atoms with Crippen LogP contribution in [0.2, 0.25) is 0 Å². The molecule has 0 unspecified atom stereocenters. The van der Waals surface area contributed by atoms with Crippen LogP contribution >= 0.6 is 22.7 Å². The first-order valence-corrected chi connectivity index (χ1v) is 6.93. The third-order valence-corrected chi connectivity index (χ3v) is 4.40. The Kier molecular flexibility index (Phi) is 2.46. The third-order valence-electron chi connectivity index (χ3n) is 2.68. The predicted molar refractivity (Wildman–Crippen MR) is 70.4 cm³/mol. The number of thiazole rings is 1. The molecule has 3 nitrogen and oxygen atoms in total. The van der Waals surface area contributed by atoms with E-state index in [1.54, 1.807) is 22.7 Å². The summed E-state index contributed by atoms with van der Waals surface area (Å²) in [6.45, 7) is 1.96. The van der Waals surface area contributed by atoms with Gasteiger partial charge in [-0.1, -0.05) is 6.07 Å². The highest BCUT2D eigenvalue weighted by Gasteiger charge is 2.15. The van der Waals surface area contributed by atoms with Crippen molar-refractivity contribution in [2.45, 2.75) is 13.3 Å². The van der Waals surface area contributed by atoms with Crippen molar-refractivity contribution >= 4 is 27.6 Å². The summed E-state index contributed by atoms with van der Waals surface area (Å²) < 4.78 is 2.11. The number of nitrogens with zero attached hydrogens (tertiary/aromatic N) is 3. The molecular formula is C12H9N3S2. The Hall–Kier alpha value is -1.64. The van der Waals surface area contributed by atoms with E-state index < -0.39 is 0 Å². The van der Waals surface area contributed by atoms with Gasteiger partial charge in [-0.25, -0.2) is 4.98 Å². The summed E-state index contributed by atoms with van der Waals surface area (Å²) >= 11 is 3.33. The SMILES string of the molecule is Cc1nc2scc(-c3cccs3)n2c1CC#N. The van der Waals surface area contributed by atoms with Gasteiger partial charge in [-0.05, 0) is 18.4 Å². The summed E-state index contributed by atoms with van der Waals surface area (Å²) in [5.74, 6) is 0. The molecule has 0 bridgehead atoms. The highest BCUT2D eigenvalue weighted by Crippen LogP contribution is 2.31. The molecule has 0 spiro atoms. The van der Waals surface area contributed by atoms with E-state index >= 15 is 0 Å². The van der Waals surface area contributed by atoms with E-state index in [0.29, 0.717) is 6.42 Å². The number of hydrogen-bond donors (Lipinski definition) is 0. The minimum Gasteiger partial charge on any atom is -0.285 e. The highest BCUT2D eigenvalue weighted by atomic mass is 32.1. The topological polar surface area (TPSA) is 41.1 Å². The summed E-state index contributed by atoms with van der Waals surface area (Å²) in [7, 11) is 0. The van der Waals surface area contributed by atoms with Gasteiger partial charge in [0, 0.05) is 5.38 Å². The molecule has 3 aromatic rings. The van der Waals surface area contributed by atoms with E-state index in [-0.39, 0.29) is 0 Å². The summed E-state index contributed by atoms with van der Waals surface area (Å²) in [4.78, 5) is 6.68. The molecule has 0 amide bonds. The number of imidazole rings is 1. The second-order valence-electron chi connectivity index (χ2n) is 3.70. The molecule has 17 heavy (non-hydrogen) atoms. The summed E-state index contributed by atoms with van der Waals surface area (Å²) in [6.07, 6.45) is 0.405. The van der Waals surface area contributed by atoms with Crippen LogP contribution in [0.5, 0.6) is 0 Å². The molecule has 5 heteroatoms. The maximum atomic E-state index is 8.90. The number of fused-ring (bicyclic) bond motifs is 1. The van der Waals surface area contributed by atoms with Gasteiger partial charge in [0.1, 0.15) is 0 Å². The van der Waals surface area contributed by atoms with E-state index in [1.807, 2.05) is 13.0 Å². The second kappa shape index (κ2) is 3.99. The van der Waals surface area contributed by atoms with Crippen LogP contribution in [0.3, 0.4) is 0 Å². The van der Waals surface area contributed by atoms with Gasteiger partial charge in [-0.2, -0.15) is 5.26 Å². The molecule has 3 rings (SSSR count). The Morgan fingerprint density at radius 1 is 1.47 bits per heavy atom. The van der Waals surface area contributed by atoms with Crippen LogP contribution in [0.15, 0.2) is 22.9 Å². The first kappa shape index (κ1) is 10.5. The van der Waals surface area contributed by atoms with E-state index in [1.165, 1.54) is 4.88 Å². The zero-order chi connectivity index (χ0) is 11.8. The molecule has 0 fully saturated rings. The van der Waals surface area contributed by atoms with Gasteiger partial charge in [0.15, 0.2) is 4.96 Å². The van der Waals surface area contributed by atoms with Gasteiger partial charge in [-0.3, -0.25) is 4.40 Å². The van der Waals surface area contributed by atoms with Crippen LogP contribution in [-0.2, 0) is 6.42 Å². The molecule has 0 atom stereocenters. The van der Waals surface area contributed by atoms with Crippen molar-refractivity contribution < 1.29 is 0 Å². The molecular weight excluding hydrogens is 250 g/mol. The molecule has 0 aliphatic heterocycles. The van der Waals surface area contributed by atoms with Crippen molar-refractivity contribution in [1.29, 1.82) is 5.26 Å². The first-order chi connectivity index (χ1) is 8.31. The first-order valence-electron chi connectivity index (χ1n) is 5.17. The van der Waals surface area contributed by atoms with Crippen molar-refractivity contribution in [2.75, 3.05) is 0 Å². The number of hydrogen-bond acceptors (Lipinski definition) is 4. The normalized spacial score (nSPS) is 10.8. The zero-order valence-corrected chi connectivity index (χ0v) is 10.8. The molecule has 84 valence electrons. The number of rotatable bonds is 2. The van der Waals surface area contributed by atoms with Gasteiger partial charge in [0.25, 0.3) is 0 Å². The second-order valence-corrected chi connectivity index (χ2v) is 5.48. The van der Waals surface area contributed by atoms with Crippen LogP contribution in [0.25, 0.3) is 15.5 Å². The predicted octanol–water partition coefficient (Wildman–Crippen LogP) is 3.50. The molecule has 0 aliphatic rings. The van der Waals surface area contributed by atoms with Crippen molar-refractivity contribution in [1.82, 2.24) is 9.38 Å². The lowest BCUT2D eigenvalue weighted by Gasteiger charge is -1.99. The van der Waals surface area contributed by atoms with Crippen LogP contribution < -0.4 is 0 Å². The smallest absolute Gasteiger partial charge is 0.194 e. The average Bonchev–Trinajstić information content (AvgIpc) is 2.97. The molecule has 0 radical (unpaired) electrons. The summed E-state index contributed by atoms with van der Waals surface area (Å²) in [5.41, 5.74) is 3.11. The van der Waals surface area contributed by atoms with Crippen LogP contribution in [0, 0.1) is 18.3 Å². The minimum absolute atomic E-state index is 0.405. The number of aromatic nitrogens is 2. The largest absolute Gasteiger partial charge is 0.285 e. The Balaban J connectivity index is 2.30. The molecule has 0 saturated carbocycles. The molecule has 0 aliphatic carbocycles. The van der Waals surface area contributed by atoms with Crippen molar-refractivity contribution in [3.63, 3.8) is 0 Å². The van der Waals surface area contributed by atoms with Crippen LogP contribution in [-0.4, -0.2) is 9.38 Å². The maximum absolute atomic E-state index is 8.90. The maximum Gasteiger partial charge on any atom is 0.194 e. The van der Waals surface area contributed by atoms with Crippen molar-refractivity contribution in [3.8, 4) is 16.6 Å². The number of nitriles is 1. The summed E-state index contributed by atoms with van der Waals surface area (Å²) in [6, 6.07) is 6.35. The zero-order valence-electron chi connectivity index (χ0n) is 9.17. The number of thiophene rings is 1. The summed E-state index contributed by atoms with van der Waals surface area (Å²) in [5, 5.41) is 13.1. The standard InChI is InChI=1S/C12H9N3S2/c1-8-9(4-5-13)15-10(7-17-12(15)14-8)11-3-2-6-16-11/h2-3,6-7H,4H2,1H3. The molecule has 0 N–H and O–H groups in total. The third kappa shape index (κ3) is 1.57. The molecule has 0 saturated heterocycles. The fourth-order valence-electron chi connectivity index (χ4n) is 1.90. The van der Waals surface area contributed by atoms with Crippen molar-refractivity contribution in [3.05, 3.63) is 34.3 Å². The lowest BCUT2D eigenvalue weighted by molar-refractivity contribution is 1.05. The van der Waals surface area contributed by atoms with Gasteiger partial charge in [0.2, 0.25) is 0 Å². The van der Waals surface area contributed by atoms with E-state index in [0.717, 1.165) is 22.0 Å². The van der Waals surface area contributed by atoms with Gasteiger partial charge in [-0.15, -0.1) is 22.7 Å². The minimum atomic E-state index is 0.405. The molecule has 0 aromatic carbocycles. The van der Waals surface area contributed by atoms with Crippen LogP contribution in [0.1, 0.15) is 11.4 Å². The number of aryl methyl sites for hydroxylation is 1. The van der Waals surface area contributed by atoms with Crippen molar-refractivity contribution in [2.24, 2.45) is 0 Å². The van der Waals surface area contributed by atoms with Gasteiger partial charge < -0.3 is 0 Å². The average molecular weight is 259 g/mol. The van der Waals surface area contributed by atoms with E-state index in [4.69, 9.17) is 5.26 Å². The van der Waals surface area contributed by atoms with Crippen LogP contribution in [0.4, 0.5) is 0 Å². The Morgan fingerprint density at radius 2 is 2.35 bits per heavy atom. The quantitative estimate of drug-likeness (QED) is 0.706. The van der Waals surface area contributed by atoms with Gasteiger partial charge in [0.05, 0.1) is 34.4 Å². The Morgan fingerprint density at radius 3 is 3.06 bits per heavy atom. The van der Waals surface area contributed by atoms with Gasteiger partial charge >= 0.3 is 0 Å². The fourth-order valence-corrected chi connectivity index (χ4v) is 3.66.